The monoisotopic (exact) mass is 206 g/mol. The molecule has 0 bridgehead atoms. The van der Waals surface area contributed by atoms with Gasteiger partial charge in [0.05, 0.1) is 0 Å². The molecule has 0 spiro atoms. The maximum Gasteiger partial charge on any atom is 0.0469 e. The molecule has 0 amide bonds. The summed E-state index contributed by atoms with van der Waals surface area (Å²) in [7, 11) is 0. The summed E-state index contributed by atoms with van der Waals surface area (Å²) in [6.07, 6.45) is 4.89. The van der Waals surface area contributed by atoms with Gasteiger partial charge in [0.1, 0.15) is 0 Å². The van der Waals surface area contributed by atoms with Gasteiger partial charge in [0.25, 0.3) is 0 Å². The standard InChI is InChI=1S/C12H18N2O/c13-12(10-4-7-15-8-5-10)9-11-3-1-2-6-14-11/h1-3,6,10,12H,4-5,7-9,13H2. The molecule has 2 rings (SSSR count). The Labute approximate surface area is 90.7 Å². The average molecular weight is 206 g/mol. The molecule has 1 aliphatic rings. The fourth-order valence-corrected chi connectivity index (χ4v) is 2.07. The maximum absolute atomic E-state index is 6.18. The molecular formula is C12H18N2O. The second kappa shape index (κ2) is 5.24. The summed E-state index contributed by atoms with van der Waals surface area (Å²) in [5.74, 6) is 0.598. The predicted octanol–water partition coefficient (Wildman–Crippen LogP) is 1.38. The van der Waals surface area contributed by atoms with Crippen molar-refractivity contribution in [2.75, 3.05) is 13.2 Å². The molecule has 0 aromatic carbocycles. The highest BCUT2D eigenvalue weighted by atomic mass is 16.5. The van der Waals surface area contributed by atoms with E-state index in [0.717, 1.165) is 38.2 Å². The number of nitrogens with zero attached hydrogens (tertiary/aromatic N) is 1. The van der Waals surface area contributed by atoms with Crippen molar-refractivity contribution >= 4 is 0 Å². The van der Waals surface area contributed by atoms with Crippen LogP contribution in [0.25, 0.3) is 0 Å². The number of rotatable bonds is 3. The molecule has 3 heteroatoms. The van der Waals surface area contributed by atoms with E-state index >= 15 is 0 Å². The van der Waals surface area contributed by atoms with Crippen LogP contribution in [0.5, 0.6) is 0 Å². The summed E-state index contributed by atoms with van der Waals surface area (Å²) >= 11 is 0. The summed E-state index contributed by atoms with van der Waals surface area (Å²) in [5.41, 5.74) is 7.28. The molecule has 15 heavy (non-hydrogen) atoms. The van der Waals surface area contributed by atoms with Crippen LogP contribution in [0.3, 0.4) is 0 Å². The quantitative estimate of drug-likeness (QED) is 0.812. The van der Waals surface area contributed by atoms with Gasteiger partial charge in [-0.25, -0.2) is 0 Å². The van der Waals surface area contributed by atoms with Crippen molar-refractivity contribution < 1.29 is 4.74 Å². The lowest BCUT2D eigenvalue weighted by atomic mass is 9.89. The Morgan fingerprint density at radius 3 is 2.87 bits per heavy atom. The molecule has 1 fully saturated rings. The topological polar surface area (TPSA) is 48.1 Å². The Morgan fingerprint density at radius 2 is 2.20 bits per heavy atom. The van der Waals surface area contributed by atoms with Gasteiger partial charge in [-0.1, -0.05) is 6.07 Å². The lowest BCUT2D eigenvalue weighted by Crippen LogP contribution is -2.36. The van der Waals surface area contributed by atoms with Crippen LogP contribution in [-0.4, -0.2) is 24.2 Å². The number of hydrogen-bond acceptors (Lipinski definition) is 3. The van der Waals surface area contributed by atoms with E-state index < -0.39 is 0 Å². The smallest absolute Gasteiger partial charge is 0.0469 e. The van der Waals surface area contributed by atoms with Crippen molar-refractivity contribution in [1.29, 1.82) is 0 Å². The van der Waals surface area contributed by atoms with Crippen molar-refractivity contribution in [3.05, 3.63) is 30.1 Å². The third-order valence-corrected chi connectivity index (χ3v) is 3.04. The molecule has 1 aliphatic heterocycles. The molecule has 0 aliphatic carbocycles. The third kappa shape index (κ3) is 3.01. The average Bonchev–Trinajstić information content (AvgIpc) is 2.31. The van der Waals surface area contributed by atoms with Crippen LogP contribution < -0.4 is 5.73 Å². The summed E-state index contributed by atoms with van der Waals surface area (Å²) in [6, 6.07) is 6.21. The second-order valence-electron chi connectivity index (χ2n) is 4.14. The highest BCUT2D eigenvalue weighted by molar-refractivity contribution is 5.05. The first-order valence-electron chi connectivity index (χ1n) is 5.59. The maximum atomic E-state index is 6.18. The zero-order chi connectivity index (χ0) is 10.5. The first kappa shape index (κ1) is 10.6. The van der Waals surface area contributed by atoms with Crippen LogP contribution in [0.4, 0.5) is 0 Å². The Hall–Kier alpha value is -0.930. The van der Waals surface area contributed by atoms with Gasteiger partial charge in [0.15, 0.2) is 0 Å². The fraction of sp³-hybridized carbons (Fsp3) is 0.583. The van der Waals surface area contributed by atoms with E-state index in [9.17, 15) is 0 Å². The SMILES string of the molecule is NC(Cc1ccccn1)C1CCOCC1. The Balaban J connectivity index is 1.88. The van der Waals surface area contributed by atoms with Crippen LogP contribution in [-0.2, 0) is 11.2 Å². The number of nitrogens with two attached hydrogens (primary N) is 1. The lowest BCUT2D eigenvalue weighted by molar-refractivity contribution is 0.0584. The number of pyridine rings is 1. The van der Waals surface area contributed by atoms with Crippen LogP contribution in [0.15, 0.2) is 24.4 Å². The van der Waals surface area contributed by atoms with E-state index in [2.05, 4.69) is 4.98 Å². The van der Waals surface area contributed by atoms with E-state index in [0.29, 0.717) is 5.92 Å². The summed E-state index contributed by atoms with van der Waals surface area (Å²) in [4.78, 5) is 4.30. The zero-order valence-electron chi connectivity index (χ0n) is 8.93. The summed E-state index contributed by atoms with van der Waals surface area (Å²) < 4.78 is 5.33. The van der Waals surface area contributed by atoms with Crippen LogP contribution in [0, 0.1) is 5.92 Å². The Kier molecular flexibility index (Phi) is 3.69. The van der Waals surface area contributed by atoms with Crippen LogP contribution in [0.1, 0.15) is 18.5 Å². The Morgan fingerprint density at radius 1 is 1.40 bits per heavy atom. The number of aromatic nitrogens is 1. The molecule has 1 saturated heterocycles. The first-order chi connectivity index (χ1) is 7.36. The van der Waals surface area contributed by atoms with Crippen molar-refractivity contribution in [1.82, 2.24) is 4.98 Å². The molecule has 1 aromatic heterocycles. The molecule has 1 aromatic rings. The molecule has 0 saturated carbocycles. The number of hydrogen-bond donors (Lipinski definition) is 1. The van der Waals surface area contributed by atoms with E-state index in [1.807, 2.05) is 24.4 Å². The van der Waals surface area contributed by atoms with Crippen LogP contribution >= 0.6 is 0 Å². The fourth-order valence-electron chi connectivity index (χ4n) is 2.07. The van der Waals surface area contributed by atoms with E-state index in [1.54, 1.807) is 0 Å². The van der Waals surface area contributed by atoms with Gasteiger partial charge in [-0.15, -0.1) is 0 Å². The number of ether oxygens (including phenoxy) is 1. The highest BCUT2D eigenvalue weighted by Gasteiger charge is 2.21. The van der Waals surface area contributed by atoms with Gasteiger partial charge >= 0.3 is 0 Å². The van der Waals surface area contributed by atoms with Crippen molar-refractivity contribution in [2.45, 2.75) is 25.3 Å². The minimum atomic E-state index is 0.226. The molecule has 2 N–H and O–H groups in total. The second-order valence-corrected chi connectivity index (χ2v) is 4.14. The minimum Gasteiger partial charge on any atom is -0.381 e. The van der Waals surface area contributed by atoms with Crippen molar-refractivity contribution in [3.8, 4) is 0 Å². The van der Waals surface area contributed by atoms with Gasteiger partial charge in [0.2, 0.25) is 0 Å². The van der Waals surface area contributed by atoms with Gasteiger partial charge in [-0.2, -0.15) is 0 Å². The molecule has 1 unspecified atom stereocenters. The Bertz CT molecular complexity index is 283. The molecule has 82 valence electrons. The molecule has 3 nitrogen and oxygen atoms in total. The van der Waals surface area contributed by atoms with E-state index in [1.165, 1.54) is 0 Å². The summed E-state index contributed by atoms with van der Waals surface area (Å²) in [6.45, 7) is 1.72. The largest absolute Gasteiger partial charge is 0.381 e. The van der Waals surface area contributed by atoms with E-state index in [-0.39, 0.29) is 6.04 Å². The van der Waals surface area contributed by atoms with Crippen molar-refractivity contribution in [2.24, 2.45) is 11.7 Å². The first-order valence-corrected chi connectivity index (χ1v) is 5.59. The predicted molar refractivity (Wildman–Crippen MR) is 59.5 cm³/mol. The molecule has 0 radical (unpaired) electrons. The summed E-state index contributed by atoms with van der Waals surface area (Å²) in [5, 5.41) is 0. The highest BCUT2D eigenvalue weighted by Crippen LogP contribution is 2.19. The van der Waals surface area contributed by atoms with Gasteiger partial charge in [0, 0.05) is 37.6 Å². The lowest BCUT2D eigenvalue weighted by Gasteiger charge is -2.27. The van der Waals surface area contributed by atoms with Gasteiger partial charge in [-0.3, -0.25) is 4.98 Å². The zero-order valence-corrected chi connectivity index (χ0v) is 8.93. The third-order valence-electron chi connectivity index (χ3n) is 3.04. The van der Waals surface area contributed by atoms with E-state index in [4.69, 9.17) is 10.5 Å². The molecule has 2 heterocycles. The molecule has 1 atom stereocenters. The van der Waals surface area contributed by atoms with Crippen LogP contribution in [0.2, 0.25) is 0 Å². The van der Waals surface area contributed by atoms with Gasteiger partial charge < -0.3 is 10.5 Å². The normalized spacial score (nSPS) is 20.1. The molecular weight excluding hydrogens is 188 g/mol. The van der Waals surface area contributed by atoms with Crippen molar-refractivity contribution in [3.63, 3.8) is 0 Å². The minimum absolute atomic E-state index is 0.226. The van der Waals surface area contributed by atoms with Gasteiger partial charge in [-0.05, 0) is 30.9 Å².